The minimum atomic E-state index is -0.513. The Morgan fingerprint density at radius 1 is 0.305 bits per heavy atom. The molecule has 0 saturated carbocycles. The van der Waals surface area contributed by atoms with Crippen molar-refractivity contribution >= 4 is 0 Å². The summed E-state index contributed by atoms with van der Waals surface area (Å²) < 4.78 is 12.5. The van der Waals surface area contributed by atoms with Gasteiger partial charge >= 0.3 is 0 Å². The van der Waals surface area contributed by atoms with E-state index in [2.05, 4.69) is 146 Å². The molecule has 4 heteroatoms. The van der Waals surface area contributed by atoms with Crippen molar-refractivity contribution in [2.24, 2.45) is 0 Å². The minimum absolute atomic E-state index is 0.256. The van der Waals surface area contributed by atoms with Gasteiger partial charge in [0.25, 0.3) is 0 Å². The molecule has 2 N–H and O–H groups in total. The van der Waals surface area contributed by atoms with Gasteiger partial charge in [-0.25, -0.2) is 0 Å². The lowest BCUT2D eigenvalue weighted by atomic mass is 9.68. The summed E-state index contributed by atoms with van der Waals surface area (Å²) in [7, 11) is 0. The van der Waals surface area contributed by atoms with E-state index < -0.39 is 10.8 Å². The van der Waals surface area contributed by atoms with Crippen molar-refractivity contribution in [2.45, 2.75) is 30.1 Å². The van der Waals surface area contributed by atoms with Gasteiger partial charge in [0.2, 0.25) is 0 Å². The first-order valence-corrected chi connectivity index (χ1v) is 20.5. The molecule has 2 aliphatic carbocycles. The van der Waals surface area contributed by atoms with Crippen molar-refractivity contribution < 1.29 is 19.7 Å². The molecule has 288 valence electrons. The SMILES string of the molecule is Oc1ccc(C2(c3ccc(OCCCCCOc4ccc(C5(c6ccc(O)cc6)c6ccccc6-c6ccccc65)cc4)cc3)c3ccccc3-c3ccccc32)cc1. The van der Waals surface area contributed by atoms with Crippen LogP contribution in [0.3, 0.4) is 0 Å². The summed E-state index contributed by atoms with van der Waals surface area (Å²) in [5.41, 5.74) is 13.4. The number of phenols is 2. The molecule has 0 heterocycles. The minimum Gasteiger partial charge on any atom is -0.508 e. The van der Waals surface area contributed by atoms with Crippen LogP contribution in [-0.4, -0.2) is 23.4 Å². The Labute approximate surface area is 345 Å². The fourth-order valence-electron chi connectivity index (χ4n) is 9.83. The van der Waals surface area contributed by atoms with Crippen molar-refractivity contribution in [1.29, 1.82) is 0 Å². The van der Waals surface area contributed by atoms with Crippen LogP contribution in [0.5, 0.6) is 23.0 Å². The predicted molar refractivity (Wildman–Crippen MR) is 236 cm³/mol. The molecule has 4 nitrogen and oxygen atoms in total. The van der Waals surface area contributed by atoms with Gasteiger partial charge in [-0.3, -0.25) is 0 Å². The topological polar surface area (TPSA) is 58.9 Å². The summed E-state index contributed by atoms with van der Waals surface area (Å²) in [4.78, 5) is 0. The quantitative estimate of drug-likeness (QED) is 0.122. The highest BCUT2D eigenvalue weighted by Crippen LogP contribution is 2.57. The van der Waals surface area contributed by atoms with Crippen LogP contribution in [0.15, 0.2) is 194 Å². The Hall–Kier alpha value is -7.04. The van der Waals surface area contributed by atoms with Crippen LogP contribution in [0.2, 0.25) is 0 Å². The molecule has 59 heavy (non-hydrogen) atoms. The third-order valence-electron chi connectivity index (χ3n) is 12.4. The molecular formula is C55H44O4. The summed E-state index contributed by atoms with van der Waals surface area (Å²) in [6.45, 7) is 1.26. The Bertz CT molecular complexity index is 2470. The first kappa shape index (κ1) is 36.3. The van der Waals surface area contributed by atoms with Gasteiger partial charge < -0.3 is 19.7 Å². The van der Waals surface area contributed by atoms with E-state index in [1.54, 1.807) is 24.3 Å². The van der Waals surface area contributed by atoms with Gasteiger partial charge in [-0.15, -0.1) is 0 Å². The van der Waals surface area contributed by atoms with Crippen LogP contribution < -0.4 is 9.47 Å². The highest BCUT2D eigenvalue weighted by Gasteiger charge is 2.47. The number of phenolic OH excluding ortho intramolecular Hbond substituents is 2. The molecule has 0 saturated heterocycles. The molecule has 8 aromatic carbocycles. The molecule has 0 aromatic heterocycles. The van der Waals surface area contributed by atoms with Crippen LogP contribution in [0.25, 0.3) is 22.3 Å². The lowest BCUT2D eigenvalue weighted by molar-refractivity contribution is 0.279. The van der Waals surface area contributed by atoms with Crippen molar-refractivity contribution in [3.8, 4) is 45.3 Å². The maximum Gasteiger partial charge on any atom is 0.119 e. The van der Waals surface area contributed by atoms with E-state index >= 15 is 0 Å². The number of fused-ring (bicyclic) bond motifs is 6. The van der Waals surface area contributed by atoms with Crippen molar-refractivity contribution in [1.82, 2.24) is 0 Å². The number of aromatic hydroxyl groups is 2. The van der Waals surface area contributed by atoms with Crippen molar-refractivity contribution in [3.63, 3.8) is 0 Å². The molecule has 0 amide bonds. The average molecular weight is 769 g/mol. The fourth-order valence-corrected chi connectivity index (χ4v) is 9.83. The summed E-state index contributed by atoms with van der Waals surface area (Å²) in [5.74, 6) is 2.21. The second-order valence-corrected chi connectivity index (χ2v) is 15.6. The highest BCUT2D eigenvalue weighted by atomic mass is 16.5. The van der Waals surface area contributed by atoms with Gasteiger partial charge in [0.15, 0.2) is 0 Å². The number of rotatable bonds is 12. The number of hydrogen-bond donors (Lipinski definition) is 2. The van der Waals surface area contributed by atoms with Crippen LogP contribution in [-0.2, 0) is 10.8 Å². The molecule has 8 aromatic rings. The predicted octanol–water partition coefficient (Wildman–Crippen LogP) is 12.5. The van der Waals surface area contributed by atoms with Crippen LogP contribution in [0, 0.1) is 0 Å². The maximum atomic E-state index is 10.2. The molecular weight excluding hydrogens is 725 g/mol. The summed E-state index contributed by atoms with van der Waals surface area (Å²) >= 11 is 0. The Kier molecular flexibility index (Phi) is 9.26. The molecule has 2 aliphatic rings. The normalized spacial score (nSPS) is 13.8. The number of ether oxygens (including phenoxy) is 2. The third kappa shape index (κ3) is 5.98. The second-order valence-electron chi connectivity index (χ2n) is 15.6. The molecule has 0 spiro atoms. The van der Waals surface area contributed by atoms with Crippen LogP contribution in [0.4, 0.5) is 0 Å². The molecule has 0 unspecified atom stereocenters. The summed E-state index contributed by atoms with van der Waals surface area (Å²) in [5, 5.41) is 20.4. The van der Waals surface area contributed by atoms with E-state index in [-0.39, 0.29) is 11.5 Å². The van der Waals surface area contributed by atoms with Gasteiger partial charge in [0.05, 0.1) is 24.0 Å². The Balaban J connectivity index is 0.792. The lowest BCUT2D eigenvalue weighted by Crippen LogP contribution is -2.28. The summed E-state index contributed by atoms with van der Waals surface area (Å²) in [6.07, 6.45) is 2.84. The van der Waals surface area contributed by atoms with Gasteiger partial charge in [-0.05, 0) is 135 Å². The molecule has 0 aliphatic heterocycles. The van der Waals surface area contributed by atoms with Gasteiger partial charge in [-0.1, -0.05) is 146 Å². The van der Waals surface area contributed by atoms with E-state index in [0.717, 1.165) is 53.0 Å². The van der Waals surface area contributed by atoms with Gasteiger partial charge in [0.1, 0.15) is 23.0 Å². The standard InChI is InChI=1S/C55H44O4/c56-42-28-20-38(21-29-42)54(50-16-6-2-12-46(50)47-13-3-7-17-51(47)54)40-24-32-44(33-25-40)58-36-10-1-11-37-59-45-34-26-41(27-35-45)55(39-22-30-43(57)31-23-39)52-18-8-4-14-48(52)49-15-5-9-19-53(49)55/h2-9,12-35,56-57H,1,10-11,36-37H2. The highest BCUT2D eigenvalue weighted by molar-refractivity contribution is 5.87. The second kappa shape index (κ2) is 15.0. The average Bonchev–Trinajstić information content (AvgIpc) is 3.76. The number of unbranched alkanes of at least 4 members (excludes halogenated alkanes) is 2. The van der Waals surface area contributed by atoms with Gasteiger partial charge in [-0.2, -0.15) is 0 Å². The third-order valence-corrected chi connectivity index (χ3v) is 12.4. The monoisotopic (exact) mass is 768 g/mol. The summed E-state index contributed by atoms with van der Waals surface area (Å²) in [6, 6.07) is 67.0. The zero-order chi connectivity index (χ0) is 39.8. The largest absolute Gasteiger partial charge is 0.508 e. The van der Waals surface area contributed by atoms with Crippen molar-refractivity contribution in [3.05, 3.63) is 239 Å². The Morgan fingerprint density at radius 3 is 0.881 bits per heavy atom. The van der Waals surface area contributed by atoms with E-state index in [9.17, 15) is 10.2 Å². The molecule has 0 radical (unpaired) electrons. The fraction of sp³-hybridized carbons (Fsp3) is 0.127. The number of benzene rings is 8. The first-order chi connectivity index (χ1) is 29.1. The van der Waals surface area contributed by atoms with E-state index in [1.165, 1.54) is 44.5 Å². The van der Waals surface area contributed by atoms with Crippen molar-refractivity contribution in [2.75, 3.05) is 13.2 Å². The molecule has 0 fully saturated rings. The maximum absolute atomic E-state index is 10.2. The van der Waals surface area contributed by atoms with E-state index in [1.807, 2.05) is 24.3 Å². The van der Waals surface area contributed by atoms with Crippen LogP contribution in [0.1, 0.15) is 63.8 Å². The zero-order valence-electron chi connectivity index (χ0n) is 32.7. The van der Waals surface area contributed by atoms with Gasteiger partial charge in [0, 0.05) is 0 Å². The molecule has 0 bridgehead atoms. The Morgan fingerprint density at radius 2 is 0.576 bits per heavy atom. The number of hydrogen-bond acceptors (Lipinski definition) is 4. The van der Waals surface area contributed by atoms with E-state index in [0.29, 0.717) is 13.2 Å². The van der Waals surface area contributed by atoms with E-state index in [4.69, 9.17) is 9.47 Å². The van der Waals surface area contributed by atoms with Crippen LogP contribution >= 0.6 is 0 Å². The smallest absolute Gasteiger partial charge is 0.119 e. The zero-order valence-corrected chi connectivity index (χ0v) is 32.7. The molecule has 0 atom stereocenters. The lowest BCUT2D eigenvalue weighted by Gasteiger charge is -2.34. The first-order valence-electron chi connectivity index (χ1n) is 20.5. The molecule has 10 rings (SSSR count).